The molecular formula is C27H26N2O4. The Bertz CT molecular complexity index is 1290. The van der Waals surface area contributed by atoms with Crippen LogP contribution in [0.5, 0.6) is 11.5 Å². The van der Waals surface area contributed by atoms with Crippen LogP contribution in [0, 0.1) is 13.8 Å². The third-order valence-corrected chi connectivity index (χ3v) is 6.69. The van der Waals surface area contributed by atoms with Crippen LogP contribution in [0.4, 0.5) is 11.4 Å². The minimum atomic E-state index is -0.542. The maximum Gasteiger partial charge on any atom is 0.255 e. The van der Waals surface area contributed by atoms with Gasteiger partial charge in [0.1, 0.15) is 24.7 Å². The van der Waals surface area contributed by atoms with Crippen LogP contribution < -0.4 is 20.1 Å². The van der Waals surface area contributed by atoms with Gasteiger partial charge in [-0.3, -0.25) is 9.59 Å². The molecule has 168 valence electrons. The minimum Gasteiger partial charge on any atom is -0.492 e. The Morgan fingerprint density at radius 3 is 1.88 bits per heavy atom. The van der Waals surface area contributed by atoms with Gasteiger partial charge in [0, 0.05) is 40.7 Å². The Labute approximate surface area is 192 Å². The second-order valence-corrected chi connectivity index (χ2v) is 8.82. The predicted molar refractivity (Wildman–Crippen MR) is 128 cm³/mol. The molecule has 0 aliphatic carbocycles. The lowest BCUT2D eigenvalue weighted by Gasteiger charge is -2.22. The minimum absolute atomic E-state index is 0.0183. The van der Waals surface area contributed by atoms with Crippen molar-refractivity contribution in [2.45, 2.75) is 26.2 Å². The summed E-state index contributed by atoms with van der Waals surface area (Å²) in [5.41, 5.74) is 6.01. The van der Waals surface area contributed by atoms with Crippen LogP contribution in [-0.4, -0.2) is 32.0 Å². The summed E-state index contributed by atoms with van der Waals surface area (Å²) in [4.78, 5) is 25.4. The molecule has 0 radical (unpaired) electrons. The first-order chi connectivity index (χ1) is 15.8. The van der Waals surface area contributed by atoms with Crippen molar-refractivity contribution in [1.29, 1.82) is 0 Å². The van der Waals surface area contributed by atoms with E-state index in [0.717, 1.165) is 45.1 Å². The largest absolute Gasteiger partial charge is 0.492 e. The summed E-state index contributed by atoms with van der Waals surface area (Å²) in [6, 6.07) is 15.2. The molecule has 3 aromatic rings. The molecule has 0 saturated heterocycles. The number of amides is 1. The molecule has 2 N–H and O–H groups in total. The number of hydrogen-bond donors (Lipinski definition) is 2. The van der Waals surface area contributed by atoms with Crippen LogP contribution in [0.1, 0.15) is 49.9 Å². The van der Waals surface area contributed by atoms with E-state index in [2.05, 4.69) is 10.6 Å². The van der Waals surface area contributed by atoms with E-state index in [1.165, 1.54) is 0 Å². The molecule has 5 rings (SSSR count). The average Bonchev–Trinajstić information content (AvgIpc) is 3.33. The molecule has 3 aromatic carbocycles. The third kappa shape index (κ3) is 3.33. The lowest BCUT2D eigenvalue weighted by Crippen LogP contribution is -2.31. The summed E-state index contributed by atoms with van der Waals surface area (Å²) in [6.45, 7) is 6.21. The molecule has 1 atom stereocenters. The fourth-order valence-corrected chi connectivity index (χ4v) is 4.79. The Balaban J connectivity index is 1.54. The Hall–Kier alpha value is -3.80. The number of fused-ring (bicyclic) bond motifs is 4. The lowest BCUT2D eigenvalue weighted by atomic mass is 9.76. The SMILES string of the molecule is CNc1ccc(NC(=O)c2cc3c(cc2C)OCC32COc3cc(C)c(C(C)=O)cc32)cc1. The molecule has 0 aromatic heterocycles. The molecule has 6 nitrogen and oxygen atoms in total. The molecule has 2 aliphatic heterocycles. The van der Waals surface area contributed by atoms with E-state index >= 15 is 0 Å². The molecular weight excluding hydrogens is 416 g/mol. The second-order valence-electron chi connectivity index (χ2n) is 8.82. The van der Waals surface area contributed by atoms with Gasteiger partial charge in [-0.2, -0.15) is 0 Å². The zero-order valence-corrected chi connectivity index (χ0v) is 19.2. The fourth-order valence-electron chi connectivity index (χ4n) is 4.79. The quantitative estimate of drug-likeness (QED) is 0.564. The van der Waals surface area contributed by atoms with E-state index in [-0.39, 0.29) is 11.7 Å². The first-order valence-corrected chi connectivity index (χ1v) is 11.0. The van der Waals surface area contributed by atoms with E-state index in [4.69, 9.17) is 9.47 Å². The van der Waals surface area contributed by atoms with Gasteiger partial charge in [0.15, 0.2) is 5.78 Å². The molecule has 6 heteroatoms. The number of ether oxygens (including phenoxy) is 2. The Morgan fingerprint density at radius 2 is 1.33 bits per heavy atom. The van der Waals surface area contributed by atoms with Gasteiger partial charge >= 0.3 is 0 Å². The second kappa shape index (κ2) is 7.66. The van der Waals surface area contributed by atoms with E-state index in [9.17, 15) is 9.59 Å². The van der Waals surface area contributed by atoms with Gasteiger partial charge in [0.25, 0.3) is 5.91 Å². The van der Waals surface area contributed by atoms with Crippen molar-refractivity contribution < 1.29 is 19.1 Å². The highest BCUT2D eigenvalue weighted by molar-refractivity contribution is 6.05. The van der Waals surface area contributed by atoms with Gasteiger partial charge < -0.3 is 20.1 Å². The van der Waals surface area contributed by atoms with Crippen molar-refractivity contribution in [3.63, 3.8) is 0 Å². The first-order valence-electron chi connectivity index (χ1n) is 11.0. The number of ketones is 1. The summed E-state index contributed by atoms with van der Waals surface area (Å²) >= 11 is 0. The number of aryl methyl sites for hydroxylation is 2. The predicted octanol–water partition coefficient (Wildman–Crippen LogP) is 4.87. The zero-order chi connectivity index (χ0) is 23.3. The van der Waals surface area contributed by atoms with Crippen molar-refractivity contribution in [3.05, 3.63) is 81.9 Å². The van der Waals surface area contributed by atoms with E-state index < -0.39 is 5.41 Å². The third-order valence-electron chi connectivity index (χ3n) is 6.69. The first kappa shape index (κ1) is 21.1. The van der Waals surface area contributed by atoms with Crippen molar-refractivity contribution in [2.24, 2.45) is 0 Å². The molecule has 0 fully saturated rings. The van der Waals surface area contributed by atoms with Gasteiger partial charge in [-0.05, 0) is 80.4 Å². The van der Waals surface area contributed by atoms with Crippen molar-refractivity contribution >= 4 is 23.1 Å². The summed E-state index contributed by atoms with van der Waals surface area (Å²) < 4.78 is 12.1. The Kier molecular flexibility index (Phi) is 4.89. The van der Waals surface area contributed by atoms with Gasteiger partial charge in [-0.15, -0.1) is 0 Å². The molecule has 1 spiro atoms. The highest BCUT2D eigenvalue weighted by atomic mass is 16.5. The van der Waals surface area contributed by atoms with Crippen LogP contribution in [0.25, 0.3) is 0 Å². The fraction of sp³-hybridized carbons (Fsp3) is 0.259. The highest BCUT2D eigenvalue weighted by Crippen LogP contribution is 2.51. The van der Waals surface area contributed by atoms with Crippen molar-refractivity contribution in [2.75, 3.05) is 30.9 Å². The maximum atomic E-state index is 13.2. The number of benzene rings is 3. The van der Waals surface area contributed by atoms with Crippen LogP contribution >= 0.6 is 0 Å². The number of hydrogen-bond acceptors (Lipinski definition) is 5. The zero-order valence-electron chi connectivity index (χ0n) is 19.2. The molecule has 1 amide bonds. The van der Waals surface area contributed by atoms with Gasteiger partial charge in [-0.25, -0.2) is 0 Å². The number of anilines is 2. The van der Waals surface area contributed by atoms with E-state index in [1.807, 2.05) is 69.4 Å². The monoisotopic (exact) mass is 442 g/mol. The topological polar surface area (TPSA) is 76.7 Å². The maximum absolute atomic E-state index is 13.2. The van der Waals surface area contributed by atoms with Crippen LogP contribution in [-0.2, 0) is 5.41 Å². The standard InChI is InChI=1S/C27H26N2O4/c1-15-9-24-22(11-20(15)17(3)30)27(13-32-24)14-33-25-10-16(2)21(12-23(25)27)26(31)29-19-7-5-18(28-4)6-8-19/h5-12,28H,13-14H2,1-4H3,(H,29,31). The number of rotatable bonds is 4. The van der Waals surface area contributed by atoms with Crippen LogP contribution in [0.15, 0.2) is 48.5 Å². The molecule has 0 bridgehead atoms. The summed E-state index contributed by atoms with van der Waals surface area (Å²) in [5, 5.41) is 6.06. The van der Waals surface area contributed by atoms with E-state index in [1.54, 1.807) is 6.92 Å². The van der Waals surface area contributed by atoms with Gasteiger partial charge in [0.2, 0.25) is 0 Å². The summed E-state index contributed by atoms with van der Waals surface area (Å²) in [7, 11) is 1.85. The molecule has 0 saturated carbocycles. The molecule has 1 unspecified atom stereocenters. The number of carbonyl (C=O) groups is 2. The highest BCUT2D eigenvalue weighted by Gasteiger charge is 2.49. The number of nitrogens with one attached hydrogen (secondary N) is 2. The molecule has 33 heavy (non-hydrogen) atoms. The number of Topliss-reactive ketones (excluding diaryl/α,β-unsaturated/α-hetero) is 1. The summed E-state index contributed by atoms with van der Waals surface area (Å²) in [6.07, 6.45) is 0. The molecule has 2 aliphatic rings. The lowest BCUT2D eigenvalue weighted by molar-refractivity contribution is 0.101. The average molecular weight is 443 g/mol. The van der Waals surface area contributed by atoms with E-state index in [0.29, 0.717) is 24.3 Å². The van der Waals surface area contributed by atoms with Crippen molar-refractivity contribution in [1.82, 2.24) is 0 Å². The van der Waals surface area contributed by atoms with Crippen LogP contribution in [0.3, 0.4) is 0 Å². The Morgan fingerprint density at radius 1 is 0.818 bits per heavy atom. The smallest absolute Gasteiger partial charge is 0.255 e. The van der Waals surface area contributed by atoms with Gasteiger partial charge in [0.05, 0.1) is 5.41 Å². The molecule has 2 heterocycles. The van der Waals surface area contributed by atoms with Crippen LogP contribution in [0.2, 0.25) is 0 Å². The van der Waals surface area contributed by atoms with Crippen molar-refractivity contribution in [3.8, 4) is 11.5 Å². The normalized spacial score (nSPS) is 17.7. The number of carbonyl (C=O) groups excluding carboxylic acids is 2. The summed E-state index contributed by atoms with van der Waals surface area (Å²) in [5.74, 6) is 1.36. The van der Waals surface area contributed by atoms with Gasteiger partial charge in [-0.1, -0.05) is 0 Å².